The van der Waals surface area contributed by atoms with E-state index in [0.29, 0.717) is 0 Å². The van der Waals surface area contributed by atoms with Crippen LogP contribution in [0.15, 0.2) is 154 Å². The van der Waals surface area contributed by atoms with E-state index >= 15 is 0 Å². The maximum atomic E-state index is 6.74. The molecular weight excluding hydrogens is 548 g/mol. The molecule has 2 heterocycles. The highest BCUT2D eigenvalue weighted by molar-refractivity contribution is 6.16. The molecule has 0 fully saturated rings. The van der Waals surface area contributed by atoms with Gasteiger partial charge >= 0.3 is 0 Å². The zero-order valence-electron chi connectivity index (χ0n) is 24.2. The first kappa shape index (κ1) is 23.6. The highest BCUT2D eigenvalue weighted by Crippen LogP contribution is 2.63. The molecule has 208 valence electrons. The summed E-state index contributed by atoms with van der Waals surface area (Å²) in [6.07, 6.45) is 0. The van der Waals surface area contributed by atoms with Crippen molar-refractivity contribution in [1.29, 1.82) is 0 Å². The van der Waals surface area contributed by atoms with Gasteiger partial charge in [-0.25, -0.2) is 0 Å². The number of hydrogen-bond acceptors (Lipinski definition) is 2. The van der Waals surface area contributed by atoms with Gasteiger partial charge < -0.3 is 8.83 Å². The summed E-state index contributed by atoms with van der Waals surface area (Å²) >= 11 is 0. The molecule has 0 unspecified atom stereocenters. The zero-order chi connectivity index (χ0) is 29.3. The number of para-hydroxylation sites is 1. The van der Waals surface area contributed by atoms with E-state index < -0.39 is 0 Å². The van der Waals surface area contributed by atoms with Crippen molar-refractivity contribution in [3.63, 3.8) is 0 Å². The second kappa shape index (κ2) is 8.19. The normalized spacial score (nSPS) is 14.0. The van der Waals surface area contributed by atoms with Gasteiger partial charge in [-0.15, -0.1) is 0 Å². The predicted octanol–water partition coefficient (Wildman–Crippen LogP) is 11.5. The van der Waals surface area contributed by atoms with Crippen LogP contribution in [0.25, 0.3) is 77.3 Å². The first-order valence-corrected chi connectivity index (χ1v) is 15.5. The van der Waals surface area contributed by atoms with Crippen LogP contribution < -0.4 is 0 Å². The van der Waals surface area contributed by atoms with E-state index in [-0.39, 0.29) is 5.41 Å². The lowest BCUT2D eigenvalue weighted by atomic mass is 9.70. The van der Waals surface area contributed by atoms with Gasteiger partial charge in [0.25, 0.3) is 0 Å². The van der Waals surface area contributed by atoms with Gasteiger partial charge in [0.15, 0.2) is 0 Å². The molecule has 0 saturated heterocycles. The summed E-state index contributed by atoms with van der Waals surface area (Å²) in [7, 11) is 0. The van der Waals surface area contributed by atoms with E-state index in [1.54, 1.807) is 0 Å². The lowest BCUT2D eigenvalue weighted by molar-refractivity contribution is 0.666. The predicted molar refractivity (Wildman–Crippen MR) is 183 cm³/mol. The Morgan fingerprint density at radius 2 is 0.911 bits per heavy atom. The summed E-state index contributed by atoms with van der Waals surface area (Å²) in [6.45, 7) is 0. The fourth-order valence-corrected chi connectivity index (χ4v) is 8.54. The third-order valence-corrected chi connectivity index (χ3v) is 10.3. The SMILES string of the molecule is c1ccc2c(c1)-c1ccccc1C21c2ccccc2-c2cc3c(cc21)oc1cccc(-c2ccc4oc5ccccc5c4c2)c13. The number of rotatable bonds is 1. The van der Waals surface area contributed by atoms with E-state index in [4.69, 9.17) is 8.83 Å². The van der Waals surface area contributed by atoms with E-state index in [9.17, 15) is 0 Å². The van der Waals surface area contributed by atoms with E-state index in [0.717, 1.165) is 55.0 Å². The second-order valence-electron chi connectivity index (χ2n) is 12.4. The lowest BCUT2D eigenvalue weighted by Crippen LogP contribution is -2.25. The average Bonchev–Trinajstić information content (AvgIpc) is 3.82. The molecule has 0 saturated carbocycles. The van der Waals surface area contributed by atoms with Crippen molar-refractivity contribution in [3.8, 4) is 33.4 Å². The number of furan rings is 2. The molecule has 2 nitrogen and oxygen atoms in total. The Balaban J connectivity index is 1.22. The molecule has 2 aliphatic carbocycles. The van der Waals surface area contributed by atoms with Crippen molar-refractivity contribution < 1.29 is 8.83 Å². The Kier molecular flexibility index (Phi) is 4.29. The maximum absolute atomic E-state index is 6.74. The lowest BCUT2D eigenvalue weighted by Gasteiger charge is -2.30. The van der Waals surface area contributed by atoms with Crippen molar-refractivity contribution >= 4 is 43.9 Å². The van der Waals surface area contributed by atoms with Crippen molar-refractivity contribution in [2.45, 2.75) is 5.41 Å². The maximum Gasteiger partial charge on any atom is 0.136 e. The molecule has 11 rings (SSSR count). The molecule has 2 aliphatic rings. The molecule has 0 aliphatic heterocycles. The summed E-state index contributed by atoms with van der Waals surface area (Å²) in [5.74, 6) is 0. The molecule has 45 heavy (non-hydrogen) atoms. The number of fused-ring (bicyclic) bond motifs is 16. The summed E-state index contributed by atoms with van der Waals surface area (Å²) in [4.78, 5) is 0. The largest absolute Gasteiger partial charge is 0.456 e. The first-order chi connectivity index (χ1) is 22.3. The van der Waals surface area contributed by atoms with Crippen LogP contribution in [-0.2, 0) is 5.41 Å². The number of hydrogen-bond donors (Lipinski definition) is 0. The van der Waals surface area contributed by atoms with E-state index in [1.807, 2.05) is 12.1 Å². The van der Waals surface area contributed by atoms with Crippen LogP contribution in [0.5, 0.6) is 0 Å². The van der Waals surface area contributed by atoms with E-state index in [2.05, 4.69) is 133 Å². The third kappa shape index (κ3) is 2.81. The van der Waals surface area contributed by atoms with Crippen LogP contribution in [-0.4, -0.2) is 0 Å². The topological polar surface area (TPSA) is 26.3 Å². The summed E-state index contributed by atoms with van der Waals surface area (Å²) in [5.41, 5.74) is 16.1. The van der Waals surface area contributed by atoms with Gasteiger partial charge in [0.05, 0.1) is 5.41 Å². The number of benzene rings is 7. The van der Waals surface area contributed by atoms with Gasteiger partial charge in [0.1, 0.15) is 22.3 Å². The minimum absolute atomic E-state index is 0.386. The zero-order valence-corrected chi connectivity index (χ0v) is 24.2. The monoisotopic (exact) mass is 572 g/mol. The van der Waals surface area contributed by atoms with Gasteiger partial charge in [-0.1, -0.05) is 109 Å². The molecule has 1 spiro atoms. The van der Waals surface area contributed by atoms with Gasteiger partial charge in [0.2, 0.25) is 0 Å². The third-order valence-electron chi connectivity index (χ3n) is 10.3. The van der Waals surface area contributed by atoms with Crippen molar-refractivity contribution in [3.05, 3.63) is 168 Å². The molecule has 0 atom stereocenters. The van der Waals surface area contributed by atoms with E-state index in [1.165, 1.54) is 44.5 Å². The Bertz CT molecular complexity index is 2670. The molecule has 2 aromatic heterocycles. The molecule has 0 radical (unpaired) electrons. The molecule has 0 N–H and O–H groups in total. The summed E-state index contributed by atoms with van der Waals surface area (Å²) in [5, 5.41) is 4.55. The van der Waals surface area contributed by atoms with Gasteiger partial charge in [0, 0.05) is 21.5 Å². The Labute approximate surface area is 258 Å². The van der Waals surface area contributed by atoms with Crippen molar-refractivity contribution in [2.24, 2.45) is 0 Å². The van der Waals surface area contributed by atoms with Crippen LogP contribution in [0.1, 0.15) is 22.3 Å². The Morgan fingerprint density at radius 3 is 1.67 bits per heavy atom. The molecule has 0 bridgehead atoms. The molecular formula is C43H24O2. The smallest absolute Gasteiger partial charge is 0.136 e. The average molecular weight is 573 g/mol. The van der Waals surface area contributed by atoms with Crippen molar-refractivity contribution in [2.75, 3.05) is 0 Å². The van der Waals surface area contributed by atoms with Gasteiger partial charge in [-0.2, -0.15) is 0 Å². The fourth-order valence-electron chi connectivity index (χ4n) is 8.54. The van der Waals surface area contributed by atoms with Crippen LogP contribution in [0.4, 0.5) is 0 Å². The summed E-state index contributed by atoms with van der Waals surface area (Å²) < 4.78 is 12.9. The highest BCUT2D eigenvalue weighted by Gasteiger charge is 2.51. The molecule has 9 aromatic rings. The van der Waals surface area contributed by atoms with Gasteiger partial charge in [-0.05, 0) is 92.0 Å². The minimum atomic E-state index is -0.386. The first-order valence-electron chi connectivity index (χ1n) is 15.5. The van der Waals surface area contributed by atoms with Crippen LogP contribution in [0, 0.1) is 0 Å². The quantitative estimate of drug-likeness (QED) is 0.196. The van der Waals surface area contributed by atoms with Crippen LogP contribution >= 0.6 is 0 Å². The standard InChI is InChI=1S/C43H24O2/c1-5-15-34-27(10-1)28-11-2-6-16-35(28)43(34)36-17-7-3-12-29(36)31-23-33-41(24-37(31)43)45-40-19-9-14-26(42(33)40)25-20-21-39-32(22-25)30-13-4-8-18-38(30)44-39/h1-24H. The Hall–Kier alpha value is -5.86. The summed E-state index contributed by atoms with van der Waals surface area (Å²) in [6, 6.07) is 52.7. The molecule has 2 heteroatoms. The van der Waals surface area contributed by atoms with Crippen molar-refractivity contribution in [1.82, 2.24) is 0 Å². The van der Waals surface area contributed by atoms with Gasteiger partial charge in [-0.3, -0.25) is 0 Å². The van der Waals surface area contributed by atoms with Crippen LogP contribution in [0.3, 0.4) is 0 Å². The minimum Gasteiger partial charge on any atom is -0.456 e. The second-order valence-corrected chi connectivity index (χ2v) is 12.4. The molecule has 7 aromatic carbocycles. The molecule has 0 amide bonds. The Morgan fingerprint density at radius 1 is 0.333 bits per heavy atom. The van der Waals surface area contributed by atoms with Crippen LogP contribution in [0.2, 0.25) is 0 Å². The fraction of sp³-hybridized carbons (Fsp3) is 0.0233. The highest BCUT2D eigenvalue weighted by atomic mass is 16.3.